The van der Waals surface area contributed by atoms with Gasteiger partial charge in [0.05, 0.1) is 12.5 Å². The molecule has 0 atom stereocenters. The Labute approximate surface area is 74.6 Å². The van der Waals surface area contributed by atoms with E-state index in [1.165, 1.54) is 0 Å². The Morgan fingerprint density at radius 2 is 1.75 bits per heavy atom. The van der Waals surface area contributed by atoms with Crippen LogP contribution in [0.2, 0.25) is 0 Å². The maximum Gasteiger partial charge on any atom is 0.308 e. The van der Waals surface area contributed by atoms with Crippen LogP contribution in [0.25, 0.3) is 5.41 Å². The molecular formula is C9H18NO2-. The van der Waals surface area contributed by atoms with Gasteiger partial charge in [-0.05, 0) is 6.92 Å². The molecule has 0 fully saturated rings. The molecule has 0 bridgehead atoms. The molecule has 0 aliphatic rings. The van der Waals surface area contributed by atoms with Crippen molar-refractivity contribution in [1.82, 2.24) is 0 Å². The molecule has 0 unspecified atom stereocenters. The lowest BCUT2D eigenvalue weighted by molar-refractivity contribution is -0.146. The molecular weight excluding hydrogens is 154 g/mol. The van der Waals surface area contributed by atoms with E-state index >= 15 is 0 Å². The Kier molecular flexibility index (Phi) is 9.41. The lowest BCUT2D eigenvalue weighted by Gasteiger charge is -2.01. The summed E-state index contributed by atoms with van der Waals surface area (Å²) in [5.74, 6) is -0.109. The van der Waals surface area contributed by atoms with Crippen LogP contribution in [0.4, 0.5) is 0 Å². The van der Waals surface area contributed by atoms with Crippen molar-refractivity contribution >= 4 is 11.7 Å². The van der Waals surface area contributed by atoms with Crippen molar-refractivity contribution in [1.29, 1.82) is 0 Å². The van der Waals surface area contributed by atoms with Gasteiger partial charge >= 0.3 is 5.97 Å². The summed E-state index contributed by atoms with van der Waals surface area (Å²) >= 11 is 0. The number of carbonyl (C=O) groups excluding carboxylic acids is 1. The maximum absolute atomic E-state index is 10.5. The van der Waals surface area contributed by atoms with Crippen LogP contribution in [0.1, 0.15) is 34.6 Å². The summed E-state index contributed by atoms with van der Waals surface area (Å²) in [7, 11) is 0. The molecule has 0 radical (unpaired) electrons. The van der Waals surface area contributed by atoms with Crippen LogP contribution in [-0.4, -0.2) is 18.3 Å². The molecule has 3 heteroatoms. The molecule has 3 nitrogen and oxygen atoms in total. The van der Waals surface area contributed by atoms with E-state index in [2.05, 4.69) is 4.74 Å². The molecule has 0 aromatic carbocycles. The third-order valence-electron chi connectivity index (χ3n) is 0.758. The molecule has 12 heavy (non-hydrogen) atoms. The van der Waals surface area contributed by atoms with E-state index < -0.39 is 0 Å². The van der Waals surface area contributed by atoms with E-state index in [9.17, 15) is 4.79 Å². The van der Waals surface area contributed by atoms with Gasteiger partial charge in [-0.15, -0.1) is 0 Å². The zero-order valence-electron chi connectivity index (χ0n) is 8.55. The molecule has 0 amide bonds. The van der Waals surface area contributed by atoms with Crippen LogP contribution in [0, 0.1) is 5.92 Å². The summed E-state index contributed by atoms with van der Waals surface area (Å²) in [6.45, 7) is 9.20. The Morgan fingerprint density at radius 3 is 1.83 bits per heavy atom. The first kappa shape index (κ1) is 13.7. The summed E-state index contributed by atoms with van der Waals surface area (Å²) in [5, 5.41) is 7.97. The lowest BCUT2D eigenvalue weighted by Crippen LogP contribution is -2.10. The molecule has 0 saturated heterocycles. The van der Waals surface area contributed by atoms with Gasteiger partial charge in [-0.2, -0.15) is 0 Å². The van der Waals surface area contributed by atoms with Crippen molar-refractivity contribution in [2.45, 2.75) is 34.6 Å². The van der Waals surface area contributed by atoms with Crippen molar-refractivity contribution in [2.75, 3.05) is 6.61 Å². The van der Waals surface area contributed by atoms with E-state index in [4.69, 9.17) is 5.41 Å². The van der Waals surface area contributed by atoms with Gasteiger partial charge < -0.3 is 10.1 Å². The zero-order chi connectivity index (χ0) is 10.1. The molecule has 72 valence electrons. The quantitative estimate of drug-likeness (QED) is 0.473. The van der Waals surface area contributed by atoms with E-state index in [0.717, 1.165) is 0 Å². The summed E-state index contributed by atoms with van der Waals surface area (Å²) in [6, 6.07) is 0. The average molecular weight is 172 g/mol. The second-order valence-electron chi connectivity index (χ2n) is 2.85. The lowest BCUT2D eigenvalue weighted by atomic mass is 10.2. The van der Waals surface area contributed by atoms with Crippen LogP contribution in [0.5, 0.6) is 0 Å². The average Bonchev–Trinajstić information content (AvgIpc) is 1.86. The Hall–Kier alpha value is -0.860. The first-order valence-electron chi connectivity index (χ1n) is 4.07. The highest BCUT2D eigenvalue weighted by Crippen LogP contribution is 1.93. The molecule has 0 aliphatic heterocycles. The minimum Gasteiger partial charge on any atom is -0.812 e. The number of nitrogens with zero attached hydrogens (tertiary/aromatic N) is 1. The van der Waals surface area contributed by atoms with Gasteiger partial charge in [0, 0.05) is 0 Å². The second kappa shape index (κ2) is 8.24. The van der Waals surface area contributed by atoms with Crippen LogP contribution >= 0.6 is 0 Å². The standard InChI is InChI=1S/C6H12O2.C3H6N/c1-4-8-6(7)5(2)3;1-3(2)4/h5H,4H2,1-3H3;1-2H3/q;-1. The molecule has 0 aromatic heterocycles. The third-order valence-corrected chi connectivity index (χ3v) is 0.758. The van der Waals surface area contributed by atoms with Gasteiger partial charge in [0.15, 0.2) is 0 Å². The fourth-order valence-electron chi connectivity index (χ4n) is 0.309. The fraction of sp³-hybridized carbons (Fsp3) is 0.778. The summed E-state index contributed by atoms with van der Waals surface area (Å²) < 4.78 is 4.66. The molecule has 0 aromatic rings. The minimum absolute atomic E-state index is 0.00921. The molecule has 0 N–H and O–H groups in total. The van der Waals surface area contributed by atoms with Crippen LogP contribution in [0.3, 0.4) is 0 Å². The fourth-order valence-corrected chi connectivity index (χ4v) is 0.309. The zero-order valence-corrected chi connectivity index (χ0v) is 8.55. The molecule has 0 spiro atoms. The third kappa shape index (κ3) is 16.1. The SMILES string of the molecule is CC(C)=[N-].CCOC(=O)C(C)C. The van der Waals surface area contributed by atoms with Crippen LogP contribution < -0.4 is 0 Å². The maximum atomic E-state index is 10.5. The number of rotatable bonds is 2. The van der Waals surface area contributed by atoms with Crippen molar-refractivity contribution in [3.8, 4) is 0 Å². The molecule has 0 aliphatic carbocycles. The monoisotopic (exact) mass is 172 g/mol. The van der Waals surface area contributed by atoms with Crippen LogP contribution in [0.15, 0.2) is 0 Å². The van der Waals surface area contributed by atoms with Crippen molar-refractivity contribution in [3.05, 3.63) is 5.41 Å². The van der Waals surface area contributed by atoms with Gasteiger partial charge in [0.2, 0.25) is 0 Å². The van der Waals surface area contributed by atoms with E-state index in [1.807, 2.05) is 13.8 Å². The van der Waals surface area contributed by atoms with Gasteiger partial charge in [-0.25, -0.2) is 5.71 Å². The number of ether oxygens (including phenoxy) is 1. The summed E-state index contributed by atoms with van der Waals surface area (Å²) in [6.07, 6.45) is 0. The van der Waals surface area contributed by atoms with Gasteiger partial charge in [-0.1, -0.05) is 27.7 Å². The number of esters is 1. The molecule has 0 heterocycles. The highest BCUT2D eigenvalue weighted by molar-refractivity contribution is 5.82. The van der Waals surface area contributed by atoms with E-state index in [0.29, 0.717) is 12.3 Å². The summed E-state index contributed by atoms with van der Waals surface area (Å²) in [5.41, 5.74) is 0.417. The van der Waals surface area contributed by atoms with E-state index in [-0.39, 0.29) is 11.9 Å². The number of hydrogen-bond donors (Lipinski definition) is 0. The first-order chi connectivity index (χ1) is 5.41. The Morgan fingerprint density at radius 1 is 1.42 bits per heavy atom. The van der Waals surface area contributed by atoms with Crippen molar-refractivity contribution in [3.63, 3.8) is 0 Å². The molecule has 0 rings (SSSR count). The first-order valence-corrected chi connectivity index (χ1v) is 4.07. The van der Waals surface area contributed by atoms with E-state index in [1.54, 1.807) is 20.8 Å². The largest absolute Gasteiger partial charge is 0.812 e. The highest BCUT2D eigenvalue weighted by atomic mass is 16.5. The normalized spacial score (nSPS) is 8.50. The van der Waals surface area contributed by atoms with Crippen LogP contribution in [-0.2, 0) is 9.53 Å². The number of hydrogen-bond acceptors (Lipinski definition) is 2. The number of carbonyl (C=O) groups is 1. The summed E-state index contributed by atoms with van der Waals surface area (Å²) in [4.78, 5) is 10.5. The minimum atomic E-state index is -0.118. The second-order valence-corrected chi connectivity index (χ2v) is 2.85. The van der Waals surface area contributed by atoms with Gasteiger partial charge in [0.25, 0.3) is 0 Å². The Bertz CT molecular complexity index is 137. The Balaban J connectivity index is 0. The topological polar surface area (TPSA) is 48.6 Å². The van der Waals surface area contributed by atoms with Gasteiger partial charge in [0.1, 0.15) is 0 Å². The predicted octanol–water partition coefficient (Wildman–Crippen LogP) is 2.24. The van der Waals surface area contributed by atoms with Gasteiger partial charge in [-0.3, -0.25) is 4.79 Å². The smallest absolute Gasteiger partial charge is 0.308 e. The predicted molar refractivity (Wildman–Crippen MR) is 51.2 cm³/mol. The van der Waals surface area contributed by atoms with Crippen molar-refractivity contribution in [2.24, 2.45) is 5.92 Å². The van der Waals surface area contributed by atoms with Crippen molar-refractivity contribution < 1.29 is 9.53 Å². The molecule has 0 saturated carbocycles. The highest BCUT2D eigenvalue weighted by Gasteiger charge is 2.04.